The maximum Gasteiger partial charge on any atom is 0.323 e. The highest BCUT2D eigenvalue weighted by Crippen LogP contribution is 2.29. The molecule has 3 amide bonds. The average Bonchev–Trinajstić information content (AvgIpc) is 2.39. The number of carboxylic acid groups (broad SMARTS) is 1. The third kappa shape index (κ3) is 6.97. The number of urea groups is 1. The van der Waals surface area contributed by atoms with E-state index in [1.54, 1.807) is 0 Å². The molecule has 0 heterocycles. The molecule has 7 nitrogen and oxygen atoms in total. The van der Waals surface area contributed by atoms with Gasteiger partial charge in [-0.3, -0.25) is 9.59 Å². The first-order chi connectivity index (χ1) is 9.88. The molecule has 0 spiro atoms. The normalized spacial score (nSPS) is 21.6. The number of carbonyl (C=O) groups is 3. The summed E-state index contributed by atoms with van der Waals surface area (Å²) >= 11 is 0. The summed E-state index contributed by atoms with van der Waals surface area (Å²) in [5.74, 6) is -0.497. The summed E-state index contributed by atoms with van der Waals surface area (Å²) < 4.78 is 0. The van der Waals surface area contributed by atoms with Crippen LogP contribution in [0.15, 0.2) is 0 Å². The molecule has 21 heavy (non-hydrogen) atoms. The zero-order chi connectivity index (χ0) is 15.8. The van der Waals surface area contributed by atoms with Crippen LogP contribution in [0.3, 0.4) is 0 Å². The molecule has 120 valence electrons. The van der Waals surface area contributed by atoms with Gasteiger partial charge in [-0.15, -0.1) is 0 Å². The number of nitrogens with zero attached hydrogens (tertiary/aromatic N) is 1. The topological polar surface area (TPSA) is 113 Å². The van der Waals surface area contributed by atoms with Crippen molar-refractivity contribution in [3.05, 3.63) is 0 Å². The van der Waals surface area contributed by atoms with Crippen molar-refractivity contribution < 1.29 is 19.5 Å². The maximum absolute atomic E-state index is 11.9. The molecule has 1 aliphatic carbocycles. The van der Waals surface area contributed by atoms with Gasteiger partial charge >= 0.3 is 12.0 Å². The van der Waals surface area contributed by atoms with Gasteiger partial charge in [0.05, 0.1) is 0 Å². The molecule has 1 rings (SSSR count). The lowest BCUT2D eigenvalue weighted by Crippen LogP contribution is -2.47. The van der Waals surface area contributed by atoms with Gasteiger partial charge in [0.2, 0.25) is 5.91 Å². The molecule has 1 aliphatic rings. The lowest BCUT2D eigenvalue weighted by Gasteiger charge is -2.26. The molecule has 0 saturated heterocycles. The van der Waals surface area contributed by atoms with Crippen molar-refractivity contribution in [2.24, 2.45) is 17.6 Å². The van der Waals surface area contributed by atoms with E-state index in [0.717, 1.165) is 17.2 Å². The molecule has 0 unspecified atom stereocenters. The second-order valence-corrected chi connectivity index (χ2v) is 5.86. The van der Waals surface area contributed by atoms with Gasteiger partial charge in [-0.2, -0.15) is 0 Å². The number of amides is 3. The van der Waals surface area contributed by atoms with Crippen LogP contribution in [-0.4, -0.2) is 47.5 Å². The van der Waals surface area contributed by atoms with E-state index >= 15 is 0 Å². The Hall–Kier alpha value is -1.79. The molecule has 0 aromatic heterocycles. The summed E-state index contributed by atoms with van der Waals surface area (Å²) in [4.78, 5) is 34.3. The van der Waals surface area contributed by atoms with Crippen LogP contribution in [0.2, 0.25) is 0 Å². The van der Waals surface area contributed by atoms with Crippen LogP contribution >= 0.6 is 0 Å². The van der Waals surface area contributed by atoms with E-state index in [1.807, 2.05) is 0 Å². The van der Waals surface area contributed by atoms with E-state index in [-0.39, 0.29) is 6.54 Å². The standard InChI is InChI=1S/C14H25N3O4/c1-10-2-4-11(5-3-10)6-7-16-14(21)17(8-12(15)18)9-13(19)20/h10-11H,2-9H2,1H3,(H2,15,18)(H,16,21)(H,19,20). The van der Waals surface area contributed by atoms with E-state index in [4.69, 9.17) is 10.8 Å². The van der Waals surface area contributed by atoms with E-state index in [9.17, 15) is 14.4 Å². The van der Waals surface area contributed by atoms with Crippen LogP contribution in [0.4, 0.5) is 4.79 Å². The number of carboxylic acids is 1. The largest absolute Gasteiger partial charge is 0.480 e. The third-order valence-corrected chi connectivity index (χ3v) is 3.92. The Kier molecular flexibility index (Phi) is 6.98. The van der Waals surface area contributed by atoms with Gasteiger partial charge in [0.1, 0.15) is 13.1 Å². The Morgan fingerprint density at radius 3 is 2.33 bits per heavy atom. The van der Waals surface area contributed by atoms with Crippen molar-refractivity contribution in [3.8, 4) is 0 Å². The minimum Gasteiger partial charge on any atom is -0.480 e. The monoisotopic (exact) mass is 299 g/mol. The van der Waals surface area contributed by atoms with Crippen molar-refractivity contribution in [1.82, 2.24) is 10.2 Å². The molecule has 0 atom stereocenters. The van der Waals surface area contributed by atoms with Gasteiger partial charge in [0, 0.05) is 6.54 Å². The Labute approximate surface area is 124 Å². The zero-order valence-corrected chi connectivity index (χ0v) is 12.5. The van der Waals surface area contributed by atoms with Crippen molar-refractivity contribution in [2.45, 2.75) is 39.0 Å². The number of primary amides is 1. The minimum absolute atomic E-state index is 0.390. The fraction of sp³-hybridized carbons (Fsp3) is 0.786. The van der Waals surface area contributed by atoms with Gasteiger partial charge in [-0.05, 0) is 18.3 Å². The van der Waals surface area contributed by atoms with Crippen molar-refractivity contribution in [3.63, 3.8) is 0 Å². The molecule has 4 N–H and O–H groups in total. The molecule has 0 aliphatic heterocycles. The van der Waals surface area contributed by atoms with E-state index in [0.29, 0.717) is 12.5 Å². The van der Waals surface area contributed by atoms with Gasteiger partial charge in [0.25, 0.3) is 0 Å². The van der Waals surface area contributed by atoms with Crippen LogP contribution in [-0.2, 0) is 9.59 Å². The molecule has 0 aromatic rings. The smallest absolute Gasteiger partial charge is 0.323 e. The van der Waals surface area contributed by atoms with Crippen LogP contribution in [0.1, 0.15) is 39.0 Å². The number of aliphatic carboxylic acids is 1. The molecule has 1 fully saturated rings. The highest BCUT2D eigenvalue weighted by Gasteiger charge is 2.20. The Morgan fingerprint density at radius 1 is 1.19 bits per heavy atom. The van der Waals surface area contributed by atoms with Crippen LogP contribution in [0.5, 0.6) is 0 Å². The zero-order valence-electron chi connectivity index (χ0n) is 12.5. The SMILES string of the molecule is CC1CCC(CCNC(=O)N(CC(N)=O)CC(=O)O)CC1. The quantitative estimate of drug-likeness (QED) is 0.644. The lowest BCUT2D eigenvalue weighted by atomic mass is 9.81. The van der Waals surface area contributed by atoms with E-state index in [2.05, 4.69) is 12.2 Å². The number of hydrogen-bond donors (Lipinski definition) is 3. The summed E-state index contributed by atoms with van der Waals surface area (Å²) in [5, 5.41) is 11.4. The molecule has 1 saturated carbocycles. The van der Waals surface area contributed by atoms with Crippen molar-refractivity contribution in [1.29, 1.82) is 0 Å². The third-order valence-electron chi connectivity index (χ3n) is 3.92. The number of rotatable bonds is 7. The van der Waals surface area contributed by atoms with Crippen LogP contribution in [0, 0.1) is 11.8 Å². The summed E-state index contributed by atoms with van der Waals surface area (Å²) in [6.45, 7) is 1.83. The first-order valence-corrected chi connectivity index (χ1v) is 7.41. The summed E-state index contributed by atoms with van der Waals surface area (Å²) in [7, 11) is 0. The number of nitrogens with two attached hydrogens (primary N) is 1. The minimum atomic E-state index is -1.17. The van der Waals surface area contributed by atoms with Gasteiger partial charge in [-0.25, -0.2) is 4.79 Å². The molecule has 0 aromatic carbocycles. The summed E-state index contributed by atoms with van der Waals surface area (Å²) in [6.07, 6.45) is 5.70. The average molecular weight is 299 g/mol. The Balaban J connectivity index is 2.32. The highest BCUT2D eigenvalue weighted by atomic mass is 16.4. The second kappa shape index (κ2) is 8.49. The highest BCUT2D eigenvalue weighted by molar-refractivity contribution is 5.85. The second-order valence-electron chi connectivity index (χ2n) is 5.86. The van der Waals surface area contributed by atoms with Gasteiger partial charge in [0.15, 0.2) is 0 Å². The van der Waals surface area contributed by atoms with Crippen LogP contribution < -0.4 is 11.1 Å². The number of carbonyl (C=O) groups excluding carboxylic acids is 2. The summed E-state index contributed by atoms with van der Waals surface area (Å²) in [5.41, 5.74) is 5.01. The van der Waals surface area contributed by atoms with E-state index in [1.165, 1.54) is 25.7 Å². The summed E-state index contributed by atoms with van der Waals surface area (Å²) in [6, 6.07) is -0.555. The van der Waals surface area contributed by atoms with E-state index < -0.39 is 24.5 Å². The predicted molar refractivity (Wildman–Crippen MR) is 77.5 cm³/mol. The fourth-order valence-corrected chi connectivity index (χ4v) is 2.66. The Bertz CT molecular complexity index is 362. The van der Waals surface area contributed by atoms with Gasteiger partial charge < -0.3 is 21.1 Å². The predicted octanol–water partition coefficient (Wildman–Crippen LogP) is 0.784. The number of hydrogen-bond acceptors (Lipinski definition) is 3. The van der Waals surface area contributed by atoms with Crippen molar-refractivity contribution in [2.75, 3.05) is 19.6 Å². The maximum atomic E-state index is 11.9. The molecule has 7 heteroatoms. The first kappa shape index (κ1) is 17.3. The molecule has 0 radical (unpaired) electrons. The van der Waals surface area contributed by atoms with Gasteiger partial charge in [-0.1, -0.05) is 32.6 Å². The lowest BCUT2D eigenvalue weighted by molar-refractivity contribution is -0.137. The molecule has 0 bridgehead atoms. The van der Waals surface area contributed by atoms with Crippen LogP contribution in [0.25, 0.3) is 0 Å². The molecular weight excluding hydrogens is 274 g/mol. The molecular formula is C14H25N3O4. The first-order valence-electron chi connectivity index (χ1n) is 7.41. The fourth-order valence-electron chi connectivity index (χ4n) is 2.66. The van der Waals surface area contributed by atoms with Crippen molar-refractivity contribution >= 4 is 17.9 Å². The number of nitrogens with one attached hydrogen (secondary N) is 1. The Morgan fingerprint density at radius 2 is 1.81 bits per heavy atom.